The maximum atomic E-state index is 14.1. The van der Waals surface area contributed by atoms with Crippen LogP contribution in [0.4, 0.5) is 10.1 Å². The summed E-state index contributed by atoms with van der Waals surface area (Å²) in [4.78, 5) is 27.1. The molecule has 4 rings (SSSR count). The number of sulfonamides is 1. The highest BCUT2D eigenvalue weighted by molar-refractivity contribution is 7.88. The average Bonchev–Trinajstić information content (AvgIpc) is 2.76. The van der Waals surface area contributed by atoms with Gasteiger partial charge in [0, 0.05) is 25.2 Å². The summed E-state index contributed by atoms with van der Waals surface area (Å²) in [6, 6.07) is 10.1. The van der Waals surface area contributed by atoms with E-state index in [0.717, 1.165) is 6.26 Å². The minimum Gasteiger partial charge on any atom is -0.324 e. The third-order valence-electron chi connectivity index (χ3n) is 5.07. The number of hydrogen-bond acceptors (Lipinski definition) is 4. The number of amides is 2. The van der Waals surface area contributed by atoms with E-state index in [4.69, 9.17) is 0 Å². The molecule has 0 aliphatic carbocycles. The Morgan fingerprint density at radius 1 is 1.07 bits per heavy atom. The Morgan fingerprint density at radius 2 is 1.82 bits per heavy atom. The predicted molar refractivity (Wildman–Crippen MR) is 102 cm³/mol. The van der Waals surface area contributed by atoms with Crippen molar-refractivity contribution in [2.45, 2.75) is 6.04 Å². The van der Waals surface area contributed by atoms with Gasteiger partial charge in [0.15, 0.2) is 0 Å². The van der Waals surface area contributed by atoms with E-state index >= 15 is 0 Å². The molecule has 2 aromatic carbocycles. The van der Waals surface area contributed by atoms with Gasteiger partial charge in [-0.05, 0) is 23.8 Å². The molecule has 1 saturated heterocycles. The highest BCUT2D eigenvalue weighted by atomic mass is 32.2. The van der Waals surface area contributed by atoms with Crippen molar-refractivity contribution in [3.05, 3.63) is 53.8 Å². The molecule has 1 atom stereocenters. The van der Waals surface area contributed by atoms with E-state index in [2.05, 4.69) is 5.32 Å². The first-order valence-electron chi connectivity index (χ1n) is 8.71. The van der Waals surface area contributed by atoms with Crippen molar-refractivity contribution in [3.63, 3.8) is 0 Å². The van der Waals surface area contributed by atoms with Crippen molar-refractivity contribution < 1.29 is 22.4 Å². The van der Waals surface area contributed by atoms with E-state index in [1.165, 1.54) is 15.3 Å². The molecule has 0 aromatic heterocycles. The first-order valence-corrected chi connectivity index (χ1v) is 10.6. The van der Waals surface area contributed by atoms with Crippen LogP contribution in [0.15, 0.2) is 42.5 Å². The van der Waals surface area contributed by atoms with Gasteiger partial charge in [0.05, 0.1) is 17.5 Å². The quantitative estimate of drug-likeness (QED) is 0.824. The summed E-state index contributed by atoms with van der Waals surface area (Å²) in [5, 5.41) is 2.70. The number of anilines is 1. The Hall–Kier alpha value is -2.78. The first-order chi connectivity index (χ1) is 13.3. The molecule has 2 heterocycles. The summed E-state index contributed by atoms with van der Waals surface area (Å²) in [6.07, 6.45) is 1.08. The van der Waals surface area contributed by atoms with Gasteiger partial charge < -0.3 is 10.2 Å². The van der Waals surface area contributed by atoms with Crippen LogP contribution in [0.5, 0.6) is 0 Å². The summed E-state index contributed by atoms with van der Waals surface area (Å²) >= 11 is 0. The van der Waals surface area contributed by atoms with Gasteiger partial charge in [-0.25, -0.2) is 12.8 Å². The molecule has 2 aliphatic rings. The molecule has 1 N–H and O–H groups in total. The first kappa shape index (κ1) is 18.6. The van der Waals surface area contributed by atoms with Crippen molar-refractivity contribution in [1.82, 2.24) is 9.21 Å². The third kappa shape index (κ3) is 3.16. The lowest BCUT2D eigenvalue weighted by Gasteiger charge is -2.38. The number of benzene rings is 2. The van der Waals surface area contributed by atoms with Crippen LogP contribution in [0.1, 0.15) is 10.4 Å². The highest BCUT2D eigenvalue weighted by Crippen LogP contribution is 2.31. The molecule has 2 aromatic rings. The zero-order valence-electron chi connectivity index (χ0n) is 15.1. The summed E-state index contributed by atoms with van der Waals surface area (Å²) in [5.41, 5.74) is 1.46. The van der Waals surface area contributed by atoms with Crippen LogP contribution < -0.4 is 5.32 Å². The minimum absolute atomic E-state index is 0.0927. The van der Waals surface area contributed by atoms with E-state index in [9.17, 15) is 22.4 Å². The molecule has 7 nitrogen and oxygen atoms in total. The molecule has 0 radical (unpaired) electrons. The molecule has 28 heavy (non-hydrogen) atoms. The summed E-state index contributed by atoms with van der Waals surface area (Å²) in [5.74, 6) is -1.24. The van der Waals surface area contributed by atoms with Gasteiger partial charge in [-0.15, -0.1) is 0 Å². The van der Waals surface area contributed by atoms with Crippen LogP contribution in [0.2, 0.25) is 0 Å². The number of fused-ring (bicyclic) bond motifs is 2. The van der Waals surface area contributed by atoms with E-state index < -0.39 is 27.8 Å². The van der Waals surface area contributed by atoms with Gasteiger partial charge in [-0.1, -0.05) is 24.3 Å². The van der Waals surface area contributed by atoms with Crippen molar-refractivity contribution in [2.24, 2.45) is 0 Å². The fraction of sp³-hybridized carbons (Fsp3) is 0.263. The van der Waals surface area contributed by atoms with Crippen LogP contribution in [0.3, 0.4) is 0 Å². The Bertz CT molecular complexity index is 1090. The maximum Gasteiger partial charge on any atom is 0.256 e. The van der Waals surface area contributed by atoms with Crippen molar-refractivity contribution >= 4 is 27.5 Å². The van der Waals surface area contributed by atoms with Gasteiger partial charge in [-0.2, -0.15) is 4.31 Å². The molecular formula is C19H18FN3O4S. The number of nitrogens with one attached hydrogen (secondary N) is 1. The number of piperazine rings is 1. The monoisotopic (exact) mass is 403 g/mol. The summed E-state index contributed by atoms with van der Waals surface area (Å²) in [6.45, 7) is 0.134. The highest BCUT2D eigenvalue weighted by Gasteiger charge is 2.41. The van der Waals surface area contributed by atoms with E-state index in [1.54, 1.807) is 36.4 Å². The summed E-state index contributed by atoms with van der Waals surface area (Å²) in [7, 11) is -3.47. The van der Waals surface area contributed by atoms with Crippen molar-refractivity contribution in [2.75, 3.05) is 31.2 Å². The van der Waals surface area contributed by atoms with Crippen LogP contribution in [0, 0.1) is 5.82 Å². The van der Waals surface area contributed by atoms with Gasteiger partial charge in [0.25, 0.3) is 5.91 Å². The second-order valence-corrected chi connectivity index (χ2v) is 8.85. The lowest BCUT2D eigenvalue weighted by molar-refractivity contribution is -0.121. The summed E-state index contributed by atoms with van der Waals surface area (Å²) < 4.78 is 39.0. The molecule has 9 heteroatoms. The van der Waals surface area contributed by atoms with Crippen LogP contribution in [-0.4, -0.2) is 61.4 Å². The topological polar surface area (TPSA) is 86.8 Å². The normalized spacial score (nSPS) is 20.2. The number of rotatable bonds is 2. The molecule has 1 fully saturated rings. The standard InChI is InChI=1S/C19H18FN3O4S/c1-28(26,27)22-8-9-23-17(11-22)18(24)21-16-7-6-12(10-14(16)19(23)25)13-4-2-3-5-15(13)20/h2-7,10,17H,8-9,11H2,1H3,(H,21,24)/t17-/m1/s1. The van der Waals surface area contributed by atoms with E-state index in [0.29, 0.717) is 16.8 Å². The van der Waals surface area contributed by atoms with E-state index in [1.807, 2.05) is 0 Å². The zero-order valence-corrected chi connectivity index (χ0v) is 15.9. The predicted octanol–water partition coefficient (Wildman–Crippen LogP) is 1.53. The molecule has 0 spiro atoms. The molecule has 0 saturated carbocycles. The Balaban J connectivity index is 1.73. The van der Waals surface area contributed by atoms with E-state index in [-0.39, 0.29) is 31.1 Å². The van der Waals surface area contributed by atoms with Gasteiger partial charge in [-0.3, -0.25) is 9.59 Å². The van der Waals surface area contributed by atoms with Gasteiger partial charge in [0.1, 0.15) is 11.9 Å². The number of halogens is 1. The van der Waals surface area contributed by atoms with Crippen molar-refractivity contribution in [1.29, 1.82) is 0 Å². The molecular weight excluding hydrogens is 385 g/mol. The fourth-order valence-electron chi connectivity index (χ4n) is 3.59. The number of hydrogen-bond donors (Lipinski definition) is 1. The Labute approximate surface area is 161 Å². The molecule has 146 valence electrons. The fourth-order valence-corrected chi connectivity index (χ4v) is 4.42. The van der Waals surface area contributed by atoms with Crippen LogP contribution >= 0.6 is 0 Å². The Kier molecular flexibility index (Phi) is 4.43. The number of carbonyl (C=O) groups excluding carboxylic acids is 2. The smallest absolute Gasteiger partial charge is 0.256 e. The second kappa shape index (κ2) is 6.68. The van der Waals surface area contributed by atoms with Crippen LogP contribution in [0.25, 0.3) is 11.1 Å². The number of carbonyl (C=O) groups is 2. The second-order valence-electron chi connectivity index (χ2n) is 6.86. The lowest BCUT2D eigenvalue weighted by Crippen LogP contribution is -2.59. The number of nitrogens with zero attached hydrogens (tertiary/aromatic N) is 2. The van der Waals surface area contributed by atoms with Crippen molar-refractivity contribution in [3.8, 4) is 11.1 Å². The molecule has 2 amide bonds. The molecule has 2 aliphatic heterocycles. The molecule has 0 unspecified atom stereocenters. The average molecular weight is 403 g/mol. The minimum atomic E-state index is -3.47. The third-order valence-corrected chi connectivity index (χ3v) is 6.34. The van der Waals surface area contributed by atoms with Gasteiger partial charge >= 0.3 is 0 Å². The Morgan fingerprint density at radius 3 is 2.54 bits per heavy atom. The largest absolute Gasteiger partial charge is 0.324 e. The zero-order chi connectivity index (χ0) is 20.1. The lowest BCUT2D eigenvalue weighted by atomic mass is 10.0. The van der Waals surface area contributed by atoms with Crippen LogP contribution in [-0.2, 0) is 14.8 Å². The SMILES string of the molecule is CS(=O)(=O)N1CCN2C(=O)c3cc(-c4ccccc4F)ccc3NC(=O)[C@H]2C1. The maximum absolute atomic E-state index is 14.1. The molecule has 0 bridgehead atoms. The van der Waals surface area contributed by atoms with Gasteiger partial charge in [0.2, 0.25) is 15.9 Å².